The van der Waals surface area contributed by atoms with E-state index in [-0.39, 0.29) is 5.69 Å². The zero-order valence-electron chi connectivity index (χ0n) is 7.95. The Hall–Kier alpha value is -1.61. The maximum absolute atomic E-state index is 10.4. The van der Waals surface area contributed by atoms with Crippen LogP contribution in [0.3, 0.4) is 0 Å². The molecular weight excluding hydrogens is 262 g/mol. The quantitative estimate of drug-likeness (QED) is 0.519. The number of halogens is 1. The second-order valence-corrected chi connectivity index (χ2v) is 3.42. The van der Waals surface area contributed by atoms with E-state index in [9.17, 15) is 10.1 Å². The van der Waals surface area contributed by atoms with Crippen LogP contribution in [0.1, 0.15) is 6.92 Å². The first kappa shape index (κ1) is 11.5. The van der Waals surface area contributed by atoms with E-state index in [4.69, 9.17) is 0 Å². The largest absolute Gasteiger partial charge is 0.358 e. The molecule has 0 aliphatic heterocycles. The second-order valence-electron chi connectivity index (χ2n) is 2.56. The highest BCUT2D eigenvalue weighted by molar-refractivity contribution is 9.10. The van der Waals surface area contributed by atoms with E-state index in [2.05, 4.69) is 38.1 Å². The van der Waals surface area contributed by atoms with Crippen molar-refractivity contribution >= 4 is 27.4 Å². The summed E-state index contributed by atoms with van der Waals surface area (Å²) >= 11 is 3.19. The third-order valence-electron chi connectivity index (χ3n) is 1.56. The predicted molar refractivity (Wildman–Crippen MR) is 60.5 cm³/mol. The van der Waals surface area contributed by atoms with Crippen LogP contribution < -0.4 is 5.32 Å². The molecule has 0 amide bonds. The maximum Gasteiger partial charge on any atom is 0.288 e. The summed E-state index contributed by atoms with van der Waals surface area (Å²) in [5, 5.41) is 13.4. The molecule has 0 spiro atoms. The molecule has 1 N–H and O–H groups in total. The third-order valence-corrected chi connectivity index (χ3v) is 2.16. The van der Waals surface area contributed by atoms with Crippen molar-refractivity contribution in [1.29, 1.82) is 0 Å². The van der Waals surface area contributed by atoms with Gasteiger partial charge < -0.3 is 5.32 Å². The van der Waals surface area contributed by atoms with Crippen LogP contribution in [0.2, 0.25) is 0 Å². The number of pyridine rings is 1. The Bertz CT molecular complexity index is 437. The Morgan fingerprint density at radius 1 is 1.73 bits per heavy atom. The van der Waals surface area contributed by atoms with Crippen molar-refractivity contribution in [2.75, 3.05) is 11.9 Å². The lowest BCUT2D eigenvalue weighted by molar-refractivity contribution is -0.385. The molecule has 0 aliphatic rings. The van der Waals surface area contributed by atoms with Gasteiger partial charge in [-0.15, -0.1) is 5.92 Å². The zero-order chi connectivity index (χ0) is 11.3. The highest BCUT2D eigenvalue weighted by Crippen LogP contribution is 2.23. The molecule has 1 heterocycles. The summed E-state index contributed by atoms with van der Waals surface area (Å²) < 4.78 is 0.551. The lowest BCUT2D eigenvalue weighted by atomic mass is 10.4. The molecule has 15 heavy (non-hydrogen) atoms. The van der Waals surface area contributed by atoms with Gasteiger partial charge in [-0.1, -0.05) is 5.92 Å². The molecule has 0 aliphatic carbocycles. The molecule has 0 atom stereocenters. The van der Waals surface area contributed by atoms with Gasteiger partial charge in [-0.05, 0) is 22.9 Å². The molecule has 0 unspecified atom stereocenters. The van der Waals surface area contributed by atoms with Crippen LogP contribution in [0.25, 0.3) is 0 Å². The SMILES string of the molecule is CC#CCNc1ncc([N+](=O)[O-])cc1Br. The fourth-order valence-corrected chi connectivity index (χ4v) is 1.35. The number of nitro groups is 1. The molecule has 78 valence electrons. The van der Waals surface area contributed by atoms with Crippen molar-refractivity contribution in [3.8, 4) is 11.8 Å². The van der Waals surface area contributed by atoms with Crippen LogP contribution in [-0.2, 0) is 0 Å². The fourth-order valence-electron chi connectivity index (χ4n) is 0.874. The van der Waals surface area contributed by atoms with E-state index >= 15 is 0 Å². The second kappa shape index (κ2) is 5.32. The maximum atomic E-state index is 10.4. The highest BCUT2D eigenvalue weighted by Gasteiger charge is 2.09. The Kier molecular flexibility index (Phi) is 4.06. The average Bonchev–Trinajstić information content (AvgIpc) is 2.20. The van der Waals surface area contributed by atoms with Crippen LogP contribution >= 0.6 is 15.9 Å². The van der Waals surface area contributed by atoms with E-state index in [1.165, 1.54) is 12.3 Å². The first-order valence-electron chi connectivity index (χ1n) is 4.08. The molecule has 0 fully saturated rings. The summed E-state index contributed by atoms with van der Waals surface area (Å²) in [5.74, 6) is 6.07. The molecule has 1 aromatic heterocycles. The first-order valence-corrected chi connectivity index (χ1v) is 4.88. The van der Waals surface area contributed by atoms with Gasteiger partial charge in [0, 0.05) is 6.07 Å². The minimum Gasteiger partial charge on any atom is -0.358 e. The summed E-state index contributed by atoms with van der Waals surface area (Å²) in [7, 11) is 0. The molecule has 0 saturated carbocycles. The highest BCUT2D eigenvalue weighted by atomic mass is 79.9. The lowest BCUT2D eigenvalue weighted by Gasteiger charge is -2.02. The Labute approximate surface area is 95.2 Å². The molecule has 0 saturated heterocycles. The molecule has 1 aromatic rings. The number of hydrogen-bond acceptors (Lipinski definition) is 4. The molecule has 0 radical (unpaired) electrons. The van der Waals surface area contributed by atoms with Crippen molar-refractivity contribution in [2.24, 2.45) is 0 Å². The zero-order valence-corrected chi connectivity index (χ0v) is 9.54. The van der Waals surface area contributed by atoms with Crippen LogP contribution in [0.15, 0.2) is 16.7 Å². The van der Waals surface area contributed by atoms with Crippen molar-refractivity contribution in [1.82, 2.24) is 4.98 Å². The van der Waals surface area contributed by atoms with Gasteiger partial charge in [0.05, 0.1) is 15.9 Å². The summed E-state index contributed by atoms with van der Waals surface area (Å²) in [6.07, 6.45) is 1.20. The molecular formula is C9H8BrN3O2. The van der Waals surface area contributed by atoms with Gasteiger partial charge in [-0.3, -0.25) is 10.1 Å². The third kappa shape index (κ3) is 3.22. The van der Waals surface area contributed by atoms with Crippen molar-refractivity contribution in [3.05, 3.63) is 26.9 Å². The van der Waals surface area contributed by atoms with E-state index in [1.807, 2.05) is 0 Å². The number of rotatable bonds is 3. The fraction of sp³-hybridized carbons (Fsp3) is 0.222. The molecule has 0 aromatic carbocycles. The number of nitrogens with zero attached hydrogens (tertiary/aromatic N) is 2. The average molecular weight is 270 g/mol. The van der Waals surface area contributed by atoms with E-state index in [0.717, 1.165) is 0 Å². The number of hydrogen-bond donors (Lipinski definition) is 1. The Morgan fingerprint density at radius 3 is 3.00 bits per heavy atom. The summed E-state index contributed by atoms with van der Waals surface area (Å²) in [5.41, 5.74) is -0.0472. The number of anilines is 1. The first-order chi connectivity index (χ1) is 7.15. The number of aromatic nitrogens is 1. The van der Waals surface area contributed by atoms with Gasteiger partial charge in [0.2, 0.25) is 0 Å². The molecule has 1 rings (SSSR count). The van der Waals surface area contributed by atoms with Gasteiger partial charge >= 0.3 is 0 Å². The van der Waals surface area contributed by atoms with E-state index in [1.54, 1.807) is 6.92 Å². The van der Waals surface area contributed by atoms with Crippen LogP contribution in [0.4, 0.5) is 11.5 Å². The van der Waals surface area contributed by atoms with Gasteiger partial charge in [0.15, 0.2) is 0 Å². The van der Waals surface area contributed by atoms with Crippen LogP contribution in [-0.4, -0.2) is 16.5 Å². The van der Waals surface area contributed by atoms with Gasteiger partial charge in [0.25, 0.3) is 5.69 Å². The van der Waals surface area contributed by atoms with Crippen LogP contribution in [0, 0.1) is 22.0 Å². The molecule has 0 bridgehead atoms. The number of nitrogens with one attached hydrogen (secondary N) is 1. The monoisotopic (exact) mass is 269 g/mol. The normalized spacial score (nSPS) is 8.93. The standard InChI is InChI=1S/C9H8BrN3O2/c1-2-3-4-11-9-8(10)5-7(6-12-9)13(14)15/h5-6H,4H2,1H3,(H,11,12). The summed E-state index contributed by atoms with van der Waals surface area (Å²) in [6, 6.07) is 1.40. The van der Waals surface area contributed by atoms with Crippen LogP contribution in [0.5, 0.6) is 0 Å². The smallest absolute Gasteiger partial charge is 0.288 e. The summed E-state index contributed by atoms with van der Waals surface area (Å²) in [4.78, 5) is 13.8. The lowest BCUT2D eigenvalue weighted by Crippen LogP contribution is -2.02. The Morgan fingerprint density at radius 2 is 2.47 bits per heavy atom. The van der Waals surface area contributed by atoms with Gasteiger partial charge in [0.1, 0.15) is 12.0 Å². The predicted octanol–water partition coefficient (Wildman–Crippen LogP) is 2.19. The van der Waals surface area contributed by atoms with Crippen molar-refractivity contribution in [3.63, 3.8) is 0 Å². The minimum atomic E-state index is -0.493. The molecule has 5 nitrogen and oxygen atoms in total. The van der Waals surface area contributed by atoms with E-state index in [0.29, 0.717) is 16.8 Å². The summed E-state index contributed by atoms with van der Waals surface area (Å²) in [6.45, 7) is 2.19. The van der Waals surface area contributed by atoms with Gasteiger partial charge in [-0.25, -0.2) is 4.98 Å². The van der Waals surface area contributed by atoms with E-state index < -0.39 is 4.92 Å². The molecule has 6 heteroatoms. The minimum absolute atomic E-state index is 0.0472. The Balaban J connectivity index is 2.82. The topological polar surface area (TPSA) is 68.1 Å². The van der Waals surface area contributed by atoms with Crippen molar-refractivity contribution in [2.45, 2.75) is 6.92 Å². The van der Waals surface area contributed by atoms with Gasteiger partial charge in [-0.2, -0.15) is 0 Å². The van der Waals surface area contributed by atoms with Crippen molar-refractivity contribution < 1.29 is 4.92 Å².